The van der Waals surface area contributed by atoms with Crippen LogP contribution in [0.3, 0.4) is 0 Å². The van der Waals surface area contributed by atoms with Gasteiger partial charge in [-0.1, -0.05) is 208 Å². The lowest BCUT2D eigenvalue weighted by atomic mass is 9.81. The SMILES string of the molecule is CN1C(c2cccc3c2sc2ccccc23)=NC(c2ccccc2-c2ccccc2)=NC1c1ccc(-c2ccc(-c3ccc(-c4ccc5c(c4)C(C)(C)c4ccccc4-5)cc3)cc2)cc1. The molecule has 0 bridgehead atoms. The van der Waals surface area contributed by atoms with Crippen LogP contribution in [0.1, 0.15) is 47.8 Å². The smallest absolute Gasteiger partial charge is 0.160 e. The molecule has 65 heavy (non-hydrogen) atoms. The third kappa shape index (κ3) is 6.64. The summed E-state index contributed by atoms with van der Waals surface area (Å²) in [5.41, 5.74) is 18.2. The molecule has 2 aliphatic rings. The van der Waals surface area contributed by atoms with E-state index in [-0.39, 0.29) is 11.6 Å². The summed E-state index contributed by atoms with van der Waals surface area (Å²) >= 11 is 1.83. The van der Waals surface area contributed by atoms with Crippen molar-refractivity contribution < 1.29 is 0 Å². The Kier molecular flexibility index (Phi) is 9.32. The highest BCUT2D eigenvalue weighted by Gasteiger charge is 2.35. The van der Waals surface area contributed by atoms with E-state index in [9.17, 15) is 0 Å². The van der Waals surface area contributed by atoms with Crippen molar-refractivity contribution in [2.24, 2.45) is 9.98 Å². The summed E-state index contributed by atoms with van der Waals surface area (Å²) in [6.07, 6.45) is -0.287. The van der Waals surface area contributed by atoms with Gasteiger partial charge in [0.1, 0.15) is 12.0 Å². The minimum Gasteiger partial charge on any atom is -0.333 e. The predicted molar refractivity (Wildman–Crippen MR) is 275 cm³/mol. The van der Waals surface area contributed by atoms with Gasteiger partial charge < -0.3 is 4.90 Å². The summed E-state index contributed by atoms with van der Waals surface area (Å²) in [4.78, 5) is 13.1. The summed E-state index contributed by atoms with van der Waals surface area (Å²) in [6.45, 7) is 4.68. The third-order valence-electron chi connectivity index (χ3n) is 13.6. The number of amidine groups is 2. The molecule has 3 nitrogen and oxygen atoms in total. The molecule has 0 saturated carbocycles. The number of fused-ring (bicyclic) bond motifs is 6. The lowest BCUT2D eigenvalue weighted by Crippen LogP contribution is -2.35. The lowest BCUT2D eigenvalue weighted by molar-refractivity contribution is 0.383. The first-order valence-corrected chi connectivity index (χ1v) is 23.2. The quantitative estimate of drug-likeness (QED) is 0.157. The van der Waals surface area contributed by atoms with E-state index in [0.717, 1.165) is 39.5 Å². The zero-order valence-corrected chi connectivity index (χ0v) is 37.4. The van der Waals surface area contributed by atoms with E-state index < -0.39 is 0 Å². The Morgan fingerprint density at radius 1 is 0.431 bits per heavy atom. The molecule has 0 amide bonds. The molecule has 1 aromatic heterocycles. The highest BCUT2D eigenvalue weighted by Crippen LogP contribution is 2.49. The maximum absolute atomic E-state index is 5.45. The van der Waals surface area contributed by atoms with E-state index in [4.69, 9.17) is 9.98 Å². The highest BCUT2D eigenvalue weighted by atomic mass is 32.1. The third-order valence-corrected chi connectivity index (χ3v) is 14.8. The van der Waals surface area contributed by atoms with Crippen LogP contribution in [0, 0.1) is 0 Å². The van der Waals surface area contributed by atoms with Crippen molar-refractivity contribution in [1.29, 1.82) is 0 Å². The molecule has 1 aliphatic carbocycles. The zero-order valence-electron chi connectivity index (χ0n) is 36.5. The van der Waals surface area contributed by atoms with Crippen LogP contribution in [0.4, 0.5) is 0 Å². The van der Waals surface area contributed by atoms with Gasteiger partial charge in [0.15, 0.2) is 5.84 Å². The van der Waals surface area contributed by atoms with Crippen molar-refractivity contribution >= 4 is 43.2 Å². The molecule has 0 radical (unpaired) electrons. The largest absolute Gasteiger partial charge is 0.333 e. The summed E-state index contributed by atoms with van der Waals surface area (Å²) in [7, 11) is 2.13. The van der Waals surface area contributed by atoms with E-state index in [1.54, 1.807) is 0 Å². The second-order valence-electron chi connectivity index (χ2n) is 17.8. The highest BCUT2D eigenvalue weighted by molar-refractivity contribution is 7.26. The van der Waals surface area contributed by atoms with Crippen molar-refractivity contribution in [3.63, 3.8) is 0 Å². The Labute approximate surface area is 384 Å². The van der Waals surface area contributed by atoms with Crippen LogP contribution in [-0.4, -0.2) is 23.6 Å². The average Bonchev–Trinajstić information content (AvgIpc) is 3.86. The summed E-state index contributed by atoms with van der Waals surface area (Å²) in [6, 6.07) is 77.0. The second-order valence-corrected chi connectivity index (χ2v) is 18.8. The van der Waals surface area contributed by atoms with Gasteiger partial charge in [-0.3, -0.25) is 0 Å². The van der Waals surface area contributed by atoms with Gasteiger partial charge in [0.05, 0.1) is 0 Å². The van der Waals surface area contributed by atoms with E-state index in [1.807, 2.05) is 11.3 Å². The molecule has 310 valence electrons. The molecule has 1 unspecified atom stereocenters. The first kappa shape index (κ1) is 39.0. The minimum absolute atomic E-state index is 0.0163. The van der Waals surface area contributed by atoms with Gasteiger partial charge in [-0.2, -0.15) is 0 Å². The maximum Gasteiger partial charge on any atom is 0.160 e. The van der Waals surface area contributed by atoms with E-state index >= 15 is 0 Å². The molecule has 1 atom stereocenters. The van der Waals surface area contributed by atoms with Crippen LogP contribution in [0.15, 0.2) is 222 Å². The molecule has 4 heteroatoms. The second kappa shape index (κ2) is 15.5. The fourth-order valence-corrected chi connectivity index (χ4v) is 11.3. The van der Waals surface area contributed by atoms with Crippen molar-refractivity contribution in [1.82, 2.24) is 4.90 Å². The molecule has 0 N–H and O–H groups in total. The molecule has 12 rings (SSSR count). The minimum atomic E-state index is -0.287. The van der Waals surface area contributed by atoms with Gasteiger partial charge in [0, 0.05) is 43.8 Å². The van der Waals surface area contributed by atoms with Gasteiger partial charge in [-0.05, 0) is 90.5 Å². The van der Waals surface area contributed by atoms with Gasteiger partial charge in [0.2, 0.25) is 0 Å². The Balaban J connectivity index is 0.843. The summed E-state index contributed by atoms with van der Waals surface area (Å²) in [5, 5.41) is 2.53. The molecule has 0 saturated heterocycles. The van der Waals surface area contributed by atoms with Crippen molar-refractivity contribution in [2.75, 3.05) is 7.05 Å². The summed E-state index contributed by atoms with van der Waals surface area (Å²) in [5.74, 6) is 1.64. The van der Waals surface area contributed by atoms with Crippen molar-refractivity contribution in [2.45, 2.75) is 25.4 Å². The Bertz CT molecular complexity index is 3500. The van der Waals surface area contributed by atoms with Gasteiger partial charge in [-0.15, -0.1) is 11.3 Å². The number of benzene rings is 9. The molecular formula is C61H45N3S. The molecule has 2 heterocycles. The van der Waals surface area contributed by atoms with Gasteiger partial charge in [0.25, 0.3) is 0 Å². The number of thiophene rings is 1. The number of hydrogen-bond acceptors (Lipinski definition) is 4. The number of nitrogens with zero attached hydrogens (tertiary/aromatic N) is 3. The van der Waals surface area contributed by atoms with Crippen LogP contribution in [0.5, 0.6) is 0 Å². The fraction of sp³-hybridized carbons (Fsp3) is 0.0820. The van der Waals surface area contributed by atoms with Crippen LogP contribution >= 0.6 is 11.3 Å². The molecular weight excluding hydrogens is 807 g/mol. The summed E-state index contributed by atoms with van der Waals surface area (Å²) < 4.78 is 2.51. The first-order chi connectivity index (χ1) is 31.9. The number of hydrogen-bond donors (Lipinski definition) is 0. The predicted octanol–water partition coefficient (Wildman–Crippen LogP) is 15.9. The molecule has 0 fully saturated rings. The van der Waals surface area contributed by atoms with Crippen molar-refractivity contribution in [3.8, 4) is 55.6 Å². The monoisotopic (exact) mass is 851 g/mol. The first-order valence-electron chi connectivity index (χ1n) is 22.4. The van der Waals surface area contributed by atoms with Crippen LogP contribution in [0.2, 0.25) is 0 Å². The number of aliphatic imine (C=N–C) groups is 2. The Morgan fingerprint density at radius 2 is 0.954 bits per heavy atom. The zero-order chi connectivity index (χ0) is 43.6. The lowest BCUT2D eigenvalue weighted by Gasteiger charge is -2.33. The van der Waals surface area contributed by atoms with Crippen LogP contribution in [0.25, 0.3) is 75.8 Å². The van der Waals surface area contributed by atoms with Crippen molar-refractivity contribution in [3.05, 3.63) is 240 Å². The van der Waals surface area contributed by atoms with E-state index in [0.29, 0.717) is 0 Å². The Hall–Kier alpha value is -7.66. The maximum atomic E-state index is 5.45. The molecule has 0 spiro atoms. The van der Waals surface area contributed by atoms with Crippen LogP contribution in [-0.2, 0) is 5.41 Å². The van der Waals surface area contributed by atoms with E-state index in [2.05, 4.69) is 238 Å². The Morgan fingerprint density at radius 3 is 1.66 bits per heavy atom. The fourth-order valence-electron chi connectivity index (χ4n) is 10.1. The van der Waals surface area contributed by atoms with Gasteiger partial charge in [-0.25, -0.2) is 9.98 Å². The molecule has 9 aromatic carbocycles. The average molecular weight is 852 g/mol. The topological polar surface area (TPSA) is 28.0 Å². The number of rotatable bonds is 7. The van der Waals surface area contributed by atoms with Crippen LogP contribution < -0.4 is 0 Å². The van der Waals surface area contributed by atoms with E-state index in [1.165, 1.54) is 75.8 Å². The normalized spacial score (nSPS) is 15.1. The standard InChI is InChI=1S/C61H45N3S/c1-61(2)54-22-11-9-17-48(54)49-37-36-46(38-55(49)61)43-30-28-41(29-31-43)39-24-26-40(27-25-39)42-32-34-45(35-33-42)59-62-58(52-19-8-7-16-47(52)44-14-5-4-6-15-44)63-60(64(59)3)53-21-13-20-51-50-18-10-12-23-56(50)65-57(51)53/h4-38,59H,1-3H3. The molecule has 1 aliphatic heterocycles. The van der Waals surface area contributed by atoms with Gasteiger partial charge >= 0.3 is 0 Å². The molecule has 10 aromatic rings.